The fourth-order valence-electron chi connectivity index (χ4n) is 2.93. The van der Waals surface area contributed by atoms with Crippen LogP contribution in [0.1, 0.15) is 21.6 Å². The molecule has 4 rings (SSSR count). The van der Waals surface area contributed by atoms with Crippen molar-refractivity contribution in [1.29, 1.82) is 0 Å². The van der Waals surface area contributed by atoms with E-state index in [2.05, 4.69) is 36.2 Å². The molecular weight excluding hydrogens is 342 g/mol. The van der Waals surface area contributed by atoms with E-state index in [0.717, 1.165) is 21.8 Å². The molecule has 2 aromatic carbocycles. The smallest absolute Gasteiger partial charge is 0.271 e. The highest BCUT2D eigenvalue weighted by atomic mass is 32.1. The van der Waals surface area contributed by atoms with Gasteiger partial charge in [-0.2, -0.15) is 0 Å². The molecule has 0 aliphatic heterocycles. The molecule has 0 radical (unpaired) electrons. The first-order valence-corrected chi connectivity index (χ1v) is 9.33. The van der Waals surface area contributed by atoms with Gasteiger partial charge in [-0.3, -0.25) is 9.20 Å². The van der Waals surface area contributed by atoms with Crippen LogP contribution in [-0.2, 0) is 6.54 Å². The van der Waals surface area contributed by atoms with Crippen LogP contribution in [0.2, 0.25) is 0 Å². The summed E-state index contributed by atoms with van der Waals surface area (Å²) in [4.78, 5) is 20.1. The number of nitrogens with zero attached hydrogens (tertiary/aromatic N) is 3. The Labute approximate surface area is 156 Å². The summed E-state index contributed by atoms with van der Waals surface area (Å²) < 4.78 is 1.89. The number of carbonyl (C=O) groups is 1. The molecule has 4 nitrogen and oxygen atoms in total. The van der Waals surface area contributed by atoms with Crippen LogP contribution in [0, 0.1) is 6.92 Å². The molecule has 0 atom stereocenters. The van der Waals surface area contributed by atoms with Gasteiger partial charge in [0.1, 0.15) is 5.69 Å². The highest BCUT2D eigenvalue weighted by molar-refractivity contribution is 7.15. The van der Waals surface area contributed by atoms with Gasteiger partial charge >= 0.3 is 0 Å². The van der Waals surface area contributed by atoms with Crippen LogP contribution in [0.15, 0.2) is 66.2 Å². The molecule has 0 unspecified atom stereocenters. The fraction of sp³-hybridized carbons (Fsp3) is 0.143. The molecule has 0 aliphatic rings. The first-order chi connectivity index (χ1) is 12.6. The number of fused-ring (bicyclic) bond motifs is 1. The summed E-state index contributed by atoms with van der Waals surface area (Å²) in [7, 11) is 1.83. The van der Waals surface area contributed by atoms with Gasteiger partial charge < -0.3 is 4.90 Å². The summed E-state index contributed by atoms with van der Waals surface area (Å²) in [6, 6.07) is 18.3. The standard InChI is InChI=1S/C21H19N3OS/c1-15-8-10-17(11-9-15)18-13-24-19(14-26-21(24)22-18)20(25)23(2)12-16-6-4-3-5-7-16/h3-11,13-14H,12H2,1-2H3. The van der Waals surface area contributed by atoms with E-state index in [1.54, 1.807) is 4.90 Å². The van der Waals surface area contributed by atoms with E-state index < -0.39 is 0 Å². The summed E-state index contributed by atoms with van der Waals surface area (Å²) in [6.45, 7) is 2.64. The number of rotatable bonds is 4. The van der Waals surface area contributed by atoms with E-state index >= 15 is 0 Å². The summed E-state index contributed by atoms with van der Waals surface area (Å²) in [5.41, 5.74) is 4.92. The number of aromatic nitrogens is 2. The number of amides is 1. The van der Waals surface area contributed by atoms with Crippen molar-refractivity contribution in [2.45, 2.75) is 13.5 Å². The van der Waals surface area contributed by atoms with Crippen molar-refractivity contribution in [3.63, 3.8) is 0 Å². The minimum absolute atomic E-state index is 0.00652. The second kappa shape index (κ2) is 6.77. The topological polar surface area (TPSA) is 37.6 Å². The van der Waals surface area contributed by atoms with Crippen molar-refractivity contribution in [3.8, 4) is 11.3 Å². The third kappa shape index (κ3) is 3.13. The van der Waals surface area contributed by atoms with E-state index in [4.69, 9.17) is 0 Å². The second-order valence-corrected chi connectivity index (χ2v) is 7.25. The Kier molecular flexibility index (Phi) is 4.31. The van der Waals surface area contributed by atoms with Gasteiger partial charge in [0.05, 0.1) is 5.69 Å². The van der Waals surface area contributed by atoms with Gasteiger partial charge in [0.15, 0.2) is 4.96 Å². The lowest BCUT2D eigenvalue weighted by Gasteiger charge is -2.16. The van der Waals surface area contributed by atoms with Gasteiger partial charge in [-0.05, 0) is 12.5 Å². The van der Waals surface area contributed by atoms with Crippen LogP contribution < -0.4 is 0 Å². The van der Waals surface area contributed by atoms with Crippen molar-refractivity contribution in [1.82, 2.24) is 14.3 Å². The maximum absolute atomic E-state index is 12.9. The third-order valence-electron chi connectivity index (χ3n) is 4.38. The molecule has 2 heterocycles. The lowest BCUT2D eigenvalue weighted by Crippen LogP contribution is -2.27. The van der Waals surface area contributed by atoms with E-state index in [-0.39, 0.29) is 5.91 Å². The predicted octanol–water partition coefficient (Wildman–Crippen LogP) is 4.64. The summed E-state index contributed by atoms with van der Waals surface area (Å²) >= 11 is 1.49. The minimum Gasteiger partial charge on any atom is -0.336 e. The molecule has 0 N–H and O–H groups in total. The lowest BCUT2D eigenvalue weighted by atomic mass is 10.1. The Balaban J connectivity index is 1.62. The average molecular weight is 361 g/mol. The molecule has 0 spiro atoms. The molecule has 2 aromatic heterocycles. The van der Waals surface area contributed by atoms with Crippen molar-refractivity contribution in [2.24, 2.45) is 0 Å². The van der Waals surface area contributed by atoms with Crippen molar-refractivity contribution < 1.29 is 4.79 Å². The van der Waals surface area contributed by atoms with Crippen LogP contribution in [0.4, 0.5) is 0 Å². The van der Waals surface area contributed by atoms with E-state index in [9.17, 15) is 4.79 Å². The first-order valence-electron chi connectivity index (χ1n) is 8.45. The van der Waals surface area contributed by atoms with Crippen molar-refractivity contribution >= 4 is 22.2 Å². The molecule has 1 amide bonds. The minimum atomic E-state index is -0.00652. The monoisotopic (exact) mass is 361 g/mol. The number of carbonyl (C=O) groups excluding carboxylic acids is 1. The Morgan fingerprint density at radius 2 is 1.85 bits per heavy atom. The predicted molar refractivity (Wildman–Crippen MR) is 105 cm³/mol. The van der Waals surface area contributed by atoms with Gasteiger partial charge in [0.2, 0.25) is 0 Å². The average Bonchev–Trinajstić information content (AvgIpc) is 3.23. The summed E-state index contributed by atoms with van der Waals surface area (Å²) in [5, 5.41) is 1.88. The summed E-state index contributed by atoms with van der Waals surface area (Å²) in [6.07, 6.45) is 1.94. The zero-order valence-corrected chi connectivity index (χ0v) is 15.5. The largest absolute Gasteiger partial charge is 0.336 e. The van der Waals surface area contributed by atoms with Gasteiger partial charge in [-0.1, -0.05) is 60.2 Å². The molecule has 0 bridgehead atoms. The zero-order valence-electron chi connectivity index (χ0n) is 14.7. The van der Waals surface area contributed by atoms with E-state index in [1.165, 1.54) is 16.9 Å². The summed E-state index contributed by atoms with van der Waals surface area (Å²) in [5.74, 6) is -0.00652. The first kappa shape index (κ1) is 16.5. The van der Waals surface area contributed by atoms with Gasteiger partial charge in [-0.15, -0.1) is 11.3 Å². The van der Waals surface area contributed by atoms with Crippen LogP contribution in [0.3, 0.4) is 0 Å². The van der Waals surface area contributed by atoms with Gasteiger partial charge in [-0.25, -0.2) is 4.98 Å². The number of imidazole rings is 1. The molecule has 0 saturated carbocycles. The molecule has 4 aromatic rings. The van der Waals surface area contributed by atoms with Crippen molar-refractivity contribution in [2.75, 3.05) is 7.05 Å². The number of hydrogen-bond donors (Lipinski definition) is 0. The highest BCUT2D eigenvalue weighted by Crippen LogP contribution is 2.24. The molecule has 26 heavy (non-hydrogen) atoms. The zero-order chi connectivity index (χ0) is 18.1. The molecule has 5 heteroatoms. The van der Waals surface area contributed by atoms with E-state index in [1.807, 2.05) is 53.4 Å². The van der Waals surface area contributed by atoms with Crippen LogP contribution >= 0.6 is 11.3 Å². The van der Waals surface area contributed by atoms with Crippen molar-refractivity contribution in [3.05, 3.63) is 83.0 Å². The van der Waals surface area contributed by atoms with Gasteiger partial charge in [0.25, 0.3) is 5.91 Å². The Bertz CT molecular complexity index is 1050. The van der Waals surface area contributed by atoms with Gasteiger partial charge in [0, 0.05) is 30.7 Å². The van der Waals surface area contributed by atoms with E-state index in [0.29, 0.717) is 12.2 Å². The Morgan fingerprint density at radius 3 is 2.58 bits per heavy atom. The van der Waals surface area contributed by atoms with Crippen LogP contribution in [0.5, 0.6) is 0 Å². The van der Waals surface area contributed by atoms with Crippen LogP contribution in [0.25, 0.3) is 16.2 Å². The lowest BCUT2D eigenvalue weighted by molar-refractivity contribution is 0.0778. The molecule has 130 valence electrons. The Morgan fingerprint density at radius 1 is 1.12 bits per heavy atom. The molecule has 0 fully saturated rings. The normalized spacial score (nSPS) is 11.0. The second-order valence-electron chi connectivity index (χ2n) is 6.41. The number of benzene rings is 2. The quantitative estimate of drug-likeness (QED) is 0.531. The maximum atomic E-state index is 12.9. The number of thiazole rings is 1. The third-order valence-corrected chi connectivity index (χ3v) is 5.22. The highest BCUT2D eigenvalue weighted by Gasteiger charge is 2.18. The SMILES string of the molecule is Cc1ccc(-c2cn3c(C(=O)N(C)Cc4ccccc4)csc3n2)cc1. The molecular formula is C21H19N3OS. The van der Waals surface area contributed by atoms with Crippen LogP contribution in [-0.4, -0.2) is 27.2 Å². The number of aryl methyl sites for hydroxylation is 1. The fourth-order valence-corrected chi connectivity index (χ4v) is 3.77. The molecule has 0 saturated heterocycles. The molecule has 0 aliphatic carbocycles. The maximum Gasteiger partial charge on any atom is 0.271 e. The Hall–Kier alpha value is -2.92. The number of hydrogen-bond acceptors (Lipinski definition) is 3.